The zero-order chi connectivity index (χ0) is 16.4. The van der Waals surface area contributed by atoms with Crippen LogP contribution in [0.5, 0.6) is 0 Å². The number of esters is 1. The van der Waals surface area contributed by atoms with Crippen molar-refractivity contribution in [3.63, 3.8) is 0 Å². The van der Waals surface area contributed by atoms with Crippen LogP contribution < -0.4 is 0 Å². The molecular formula is C13H7Cl2N3O3S2. The van der Waals surface area contributed by atoms with Crippen LogP contribution in [0.3, 0.4) is 0 Å². The molecular weight excluding hydrogens is 381 g/mol. The molecule has 1 aromatic carbocycles. The van der Waals surface area contributed by atoms with Crippen molar-refractivity contribution in [2.24, 2.45) is 0 Å². The minimum atomic E-state index is -0.540. The Kier molecular flexibility index (Phi) is 4.86. The van der Waals surface area contributed by atoms with Crippen molar-refractivity contribution in [1.29, 1.82) is 0 Å². The van der Waals surface area contributed by atoms with E-state index >= 15 is 0 Å². The predicted octanol–water partition coefficient (Wildman–Crippen LogP) is 4.44. The molecule has 0 unspecified atom stereocenters. The number of aromatic nitrogens is 3. The maximum absolute atomic E-state index is 11.5. The number of hydrogen-bond donors (Lipinski definition) is 0. The first-order valence-electron chi connectivity index (χ1n) is 6.09. The van der Waals surface area contributed by atoms with Gasteiger partial charge >= 0.3 is 5.97 Å². The third kappa shape index (κ3) is 3.50. The zero-order valence-corrected chi connectivity index (χ0v) is 14.6. The fourth-order valence-electron chi connectivity index (χ4n) is 1.61. The van der Waals surface area contributed by atoms with Crippen LogP contribution in [0.2, 0.25) is 10.2 Å². The molecule has 0 fully saturated rings. The van der Waals surface area contributed by atoms with Crippen LogP contribution in [0, 0.1) is 0 Å². The average Bonchev–Trinajstić information content (AvgIpc) is 3.14. The second-order valence-electron chi connectivity index (χ2n) is 4.05. The van der Waals surface area contributed by atoms with Crippen LogP contribution in [0.4, 0.5) is 0 Å². The van der Waals surface area contributed by atoms with Gasteiger partial charge in [-0.15, -0.1) is 10.2 Å². The summed E-state index contributed by atoms with van der Waals surface area (Å²) < 4.78 is 10.7. The Hall–Kier alpha value is -1.61. The van der Waals surface area contributed by atoms with Crippen molar-refractivity contribution in [1.82, 2.24) is 15.2 Å². The van der Waals surface area contributed by atoms with Crippen molar-refractivity contribution in [2.45, 2.75) is 9.56 Å². The molecule has 2 aromatic heterocycles. The fourth-order valence-corrected chi connectivity index (χ4v) is 3.94. The number of carbonyl (C=O) groups is 1. The second kappa shape index (κ2) is 6.88. The Morgan fingerprint density at radius 1 is 1.30 bits per heavy atom. The van der Waals surface area contributed by atoms with Crippen LogP contribution in [0.1, 0.15) is 9.67 Å². The van der Waals surface area contributed by atoms with E-state index in [2.05, 4.69) is 19.9 Å². The van der Waals surface area contributed by atoms with E-state index in [9.17, 15) is 4.79 Å². The van der Waals surface area contributed by atoms with Crippen LogP contribution in [-0.2, 0) is 4.74 Å². The smallest absolute Gasteiger partial charge is 0.351 e. The van der Waals surface area contributed by atoms with Crippen molar-refractivity contribution < 1.29 is 13.9 Å². The lowest BCUT2D eigenvalue weighted by molar-refractivity contribution is 0.0606. The van der Waals surface area contributed by atoms with E-state index in [4.69, 9.17) is 27.6 Å². The molecule has 3 aromatic rings. The highest BCUT2D eigenvalue weighted by molar-refractivity contribution is 8.00. The van der Waals surface area contributed by atoms with E-state index in [1.54, 1.807) is 12.1 Å². The average molecular weight is 388 g/mol. The molecule has 10 heteroatoms. The van der Waals surface area contributed by atoms with Gasteiger partial charge in [-0.05, 0) is 12.1 Å². The van der Waals surface area contributed by atoms with E-state index in [1.165, 1.54) is 7.11 Å². The molecule has 6 nitrogen and oxygen atoms in total. The highest BCUT2D eigenvalue weighted by atomic mass is 35.5. The lowest BCUT2D eigenvalue weighted by Gasteiger charge is -1.96. The first-order valence-corrected chi connectivity index (χ1v) is 8.48. The van der Waals surface area contributed by atoms with E-state index in [-0.39, 0.29) is 15.3 Å². The topological polar surface area (TPSA) is 78.1 Å². The summed E-state index contributed by atoms with van der Waals surface area (Å²) in [5.41, 5.74) is 0.640. The molecule has 3 rings (SSSR count). The minimum Gasteiger partial charge on any atom is -0.465 e. The summed E-state index contributed by atoms with van der Waals surface area (Å²) in [5, 5.41) is 8.74. The summed E-state index contributed by atoms with van der Waals surface area (Å²) >= 11 is 14.2. The molecule has 0 N–H and O–H groups in total. The van der Waals surface area contributed by atoms with E-state index in [0.29, 0.717) is 20.8 Å². The zero-order valence-electron chi connectivity index (χ0n) is 11.4. The quantitative estimate of drug-likeness (QED) is 0.612. The largest absolute Gasteiger partial charge is 0.465 e. The van der Waals surface area contributed by atoms with E-state index in [1.807, 2.05) is 12.1 Å². The molecule has 0 saturated carbocycles. The number of halogens is 2. The maximum atomic E-state index is 11.5. The Morgan fingerprint density at radius 2 is 2.09 bits per heavy atom. The van der Waals surface area contributed by atoms with Crippen LogP contribution in [-0.4, -0.2) is 28.3 Å². The molecule has 0 spiro atoms. The van der Waals surface area contributed by atoms with Crippen molar-refractivity contribution in [3.05, 3.63) is 39.3 Å². The van der Waals surface area contributed by atoms with Gasteiger partial charge in [0, 0.05) is 11.8 Å². The summed E-state index contributed by atoms with van der Waals surface area (Å²) in [4.78, 5) is 15.8. The Labute approximate surface area is 148 Å². The lowest BCUT2D eigenvalue weighted by Crippen LogP contribution is -1.98. The van der Waals surface area contributed by atoms with Crippen molar-refractivity contribution in [3.8, 4) is 11.5 Å². The Bertz CT molecular complexity index is 866. The molecule has 0 aliphatic heterocycles. The normalized spacial score (nSPS) is 10.7. The molecule has 0 amide bonds. The molecule has 0 atom stereocenters. The van der Waals surface area contributed by atoms with Gasteiger partial charge in [-0.1, -0.05) is 46.7 Å². The summed E-state index contributed by atoms with van der Waals surface area (Å²) in [7, 11) is 1.28. The fraction of sp³-hybridized carbons (Fsp3) is 0.0769. The summed E-state index contributed by atoms with van der Waals surface area (Å²) in [6.07, 6.45) is 0. The highest BCUT2D eigenvalue weighted by Crippen LogP contribution is 2.36. The number of carbonyl (C=O) groups excluding carboxylic acids is 1. The molecule has 23 heavy (non-hydrogen) atoms. The number of benzene rings is 1. The van der Waals surface area contributed by atoms with E-state index < -0.39 is 5.97 Å². The van der Waals surface area contributed by atoms with Gasteiger partial charge in [-0.25, -0.2) is 9.78 Å². The van der Waals surface area contributed by atoms with Gasteiger partial charge in [-0.2, -0.15) is 0 Å². The molecule has 0 radical (unpaired) electrons. The molecule has 0 bridgehead atoms. The van der Waals surface area contributed by atoms with Gasteiger partial charge in [0.1, 0.15) is 0 Å². The molecule has 118 valence electrons. The van der Waals surface area contributed by atoms with E-state index in [0.717, 1.165) is 23.1 Å². The van der Waals surface area contributed by atoms with Gasteiger partial charge in [-0.3, -0.25) is 0 Å². The van der Waals surface area contributed by atoms with Crippen LogP contribution in [0.15, 0.2) is 38.2 Å². The number of thiazole rings is 1. The van der Waals surface area contributed by atoms with Gasteiger partial charge in [0.05, 0.1) is 17.7 Å². The number of ether oxygens (including phenoxy) is 1. The number of rotatable bonds is 4. The van der Waals surface area contributed by atoms with Crippen molar-refractivity contribution in [2.75, 3.05) is 7.11 Å². The van der Waals surface area contributed by atoms with Crippen LogP contribution >= 0.6 is 46.3 Å². The first kappa shape index (κ1) is 16.3. The highest BCUT2D eigenvalue weighted by Gasteiger charge is 2.20. The molecule has 0 saturated heterocycles. The maximum Gasteiger partial charge on any atom is 0.351 e. The standard InChI is InChI=1S/C13H7Cl2N3O3S2/c1-20-11(19)8-9(15)16-13(22-8)23-12-18-17-10(21-12)6-4-2-3-5-7(6)14/h2-5H,1H3. The summed E-state index contributed by atoms with van der Waals surface area (Å²) in [6, 6.07) is 7.14. The number of nitrogens with zero attached hydrogens (tertiary/aromatic N) is 3. The Morgan fingerprint density at radius 3 is 2.83 bits per heavy atom. The molecule has 2 heterocycles. The summed E-state index contributed by atoms with van der Waals surface area (Å²) in [5.74, 6) is -0.240. The second-order valence-corrected chi connectivity index (χ2v) is 7.01. The van der Waals surface area contributed by atoms with Gasteiger partial charge in [0.2, 0.25) is 5.89 Å². The van der Waals surface area contributed by atoms with Crippen LogP contribution in [0.25, 0.3) is 11.5 Å². The van der Waals surface area contributed by atoms with Gasteiger partial charge in [0.15, 0.2) is 14.4 Å². The SMILES string of the molecule is COC(=O)c1sc(Sc2nnc(-c3ccccc3Cl)o2)nc1Cl. The number of methoxy groups -OCH3 is 1. The predicted molar refractivity (Wildman–Crippen MR) is 87.3 cm³/mol. The van der Waals surface area contributed by atoms with Gasteiger partial charge in [0.25, 0.3) is 5.22 Å². The molecule has 0 aliphatic carbocycles. The summed E-state index contributed by atoms with van der Waals surface area (Å²) in [6.45, 7) is 0. The first-order chi connectivity index (χ1) is 11.1. The third-order valence-electron chi connectivity index (χ3n) is 2.62. The van der Waals surface area contributed by atoms with Crippen molar-refractivity contribution >= 4 is 52.3 Å². The van der Waals surface area contributed by atoms with Gasteiger partial charge < -0.3 is 9.15 Å². The Balaban J connectivity index is 1.83. The lowest BCUT2D eigenvalue weighted by atomic mass is 10.2. The number of hydrogen-bond acceptors (Lipinski definition) is 8. The monoisotopic (exact) mass is 387 g/mol. The molecule has 0 aliphatic rings. The minimum absolute atomic E-state index is 0.0789. The third-order valence-corrected chi connectivity index (χ3v) is 5.27.